The normalized spacial score (nSPS) is 14.6. The molecule has 0 amide bonds. The minimum Gasteiger partial charge on any atom is -0.476 e. The van der Waals surface area contributed by atoms with Crippen LogP contribution < -0.4 is 0 Å². The maximum Gasteiger partial charge on any atom is 0.356 e. The van der Waals surface area contributed by atoms with Crippen LogP contribution in [0.4, 0.5) is 4.39 Å². The van der Waals surface area contributed by atoms with Crippen LogP contribution in [0.2, 0.25) is 0 Å². The van der Waals surface area contributed by atoms with Crippen molar-refractivity contribution in [3.8, 4) is 0 Å². The Morgan fingerprint density at radius 3 is 2.86 bits per heavy atom. The van der Waals surface area contributed by atoms with E-state index in [-0.39, 0.29) is 11.5 Å². The van der Waals surface area contributed by atoms with Crippen molar-refractivity contribution in [2.75, 3.05) is 6.54 Å². The third kappa shape index (κ3) is 3.15. The van der Waals surface area contributed by atoms with Gasteiger partial charge in [-0.25, -0.2) is 14.2 Å². The van der Waals surface area contributed by atoms with Crippen LogP contribution in [0.5, 0.6) is 0 Å². The molecule has 0 bridgehead atoms. The fourth-order valence-corrected chi connectivity index (χ4v) is 3.15. The van der Waals surface area contributed by atoms with Gasteiger partial charge < -0.3 is 5.11 Å². The van der Waals surface area contributed by atoms with E-state index < -0.39 is 5.97 Å². The molecule has 0 unspecified atom stereocenters. The zero-order valence-corrected chi connectivity index (χ0v) is 13.2. The standard InChI is InChI=1S/C15H13BrFN3O2/c16-13-4-10(17)3-9-1-2-20(8-12(9)13)7-11-5-19-14(6-18-11)15(21)22/h3-6H,1-2,7-8H2,(H,21,22). The first-order valence-corrected chi connectivity index (χ1v) is 7.55. The Balaban J connectivity index is 1.73. The van der Waals surface area contributed by atoms with E-state index in [1.165, 1.54) is 18.5 Å². The van der Waals surface area contributed by atoms with E-state index in [0.717, 1.165) is 28.6 Å². The Morgan fingerprint density at radius 2 is 2.18 bits per heavy atom. The Kier molecular flexibility index (Phi) is 4.17. The van der Waals surface area contributed by atoms with Gasteiger partial charge in [0.2, 0.25) is 0 Å². The average Bonchev–Trinajstić information content (AvgIpc) is 2.48. The molecule has 0 aliphatic carbocycles. The number of fused-ring (bicyclic) bond motifs is 1. The van der Waals surface area contributed by atoms with Crippen molar-refractivity contribution >= 4 is 21.9 Å². The fraction of sp³-hybridized carbons (Fsp3) is 0.267. The summed E-state index contributed by atoms with van der Waals surface area (Å²) in [6, 6.07) is 3.06. The first-order chi connectivity index (χ1) is 10.5. The molecule has 5 nitrogen and oxygen atoms in total. The summed E-state index contributed by atoms with van der Waals surface area (Å²) in [6.07, 6.45) is 3.52. The molecular weight excluding hydrogens is 353 g/mol. The van der Waals surface area contributed by atoms with Crippen LogP contribution in [0.15, 0.2) is 29.0 Å². The van der Waals surface area contributed by atoms with E-state index in [4.69, 9.17) is 5.11 Å². The Bertz CT molecular complexity index is 721. The number of hydrogen-bond donors (Lipinski definition) is 1. The lowest BCUT2D eigenvalue weighted by Gasteiger charge is -2.29. The van der Waals surface area contributed by atoms with Gasteiger partial charge in [-0.3, -0.25) is 9.88 Å². The van der Waals surface area contributed by atoms with Gasteiger partial charge in [-0.2, -0.15) is 0 Å². The van der Waals surface area contributed by atoms with Crippen molar-refractivity contribution < 1.29 is 14.3 Å². The highest BCUT2D eigenvalue weighted by Gasteiger charge is 2.20. The van der Waals surface area contributed by atoms with Crippen molar-refractivity contribution in [1.82, 2.24) is 14.9 Å². The molecule has 0 saturated heterocycles. The number of carboxylic acids is 1. The lowest BCUT2D eigenvalue weighted by molar-refractivity contribution is 0.0690. The van der Waals surface area contributed by atoms with Crippen molar-refractivity contribution in [2.45, 2.75) is 19.5 Å². The number of carboxylic acid groups (broad SMARTS) is 1. The van der Waals surface area contributed by atoms with Crippen LogP contribution in [0.3, 0.4) is 0 Å². The molecule has 1 aromatic carbocycles. The molecule has 1 aliphatic heterocycles. The van der Waals surface area contributed by atoms with E-state index in [2.05, 4.69) is 30.8 Å². The molecule has 0 saturated carbocycles. The van der Waals surface area contributed by atoms with E-state index in [9.17, 15) is 9.18 Å². The van der Waals surface area contributed by atoms with Crippen molar-refractivity contribution in [3.05, 3.63) is 57.3 Å². The summed E-state index contributed by atoms with van der Waals surface area (Å²) in [5.74, 6) is -1.31. The molecular formula is C15H13BrFN3O2. The quantitative estimate of drug-likeness (QED) is 0.905. The largest absolute Gasteiger partial charge is 0.476 e. The molecule has 1 aromatic heterocycles. The first kappa shape index (κ1) is 15.1. The summed E-state index contributed by atoms with van der Waals surface area (Å²) in [7, 11) is 0. The third-order valence-electron chi connectivity index (χ3n) is 3.64. The van der Waals surface area contributed by atoms with Gasteiger partial charge in [-0.05, 0) is 29.7 Å². The molecule has 1 aliphatic rings. The van der Waals surface area contributed by atoms with E-state index in [1.54, 1.807) is 6.07 Å². The maximum atomic E-state index is 13.4. The zero-order chi connectivity index (χ0) is 15.7. The molecule has 0 fully saturated rings. The molecule has 0 atom stereocenters. The van der Waals surface area contributed by atoms with Gasteiger partial charge >= 0.3 is 5.97 Å². The second kappa shape index (κ2) is 6.10. The summed E-state index contributed by atoms with van der Waals surface area (Å²) in [5, 5.41) is 8.81. The van der Waals surface area contributed by atoms with Crippen LogP contribution in [0.25, 0.3) is 0 Å². The summed E-state index contributed by atoms with van der Waals surface area (Å²) in [4.78, 5) is 20.9. The number of aromatic carboxylic acids is 1. The maximum absolute atomic E-state index is 13.4. The van der Waals surface area contributed by atoms with Crippen molar-refractivity contribution in [3.63, 3.8) is 0 Å². The zero-order valence-electron chi connectivity index (χ0n) is 11.6. The molecule has 3 rings (SSSR count). The molecule has 7 heteroatoms. The molecule has 114 valence electrons. The molecule has 2 heterocycles. The Morgan fingerprint density at radius 1 is 1.36 bits per heavy atom. The average molecular weight is 366 g/mol. The summed E-state index contributed by atoms with van der Waals surface area (Å²) in [5.41, 5.74) is 2.76. The van der Waals surface area contributed by atoms with Gasteiger partial charge in [0, 0.05) is 24.1 Å². The van der Waals surface area contributed by atoms with Crippen molar-refractivity contribution in [1.29, 1.82) is 0 Å². The number of rotatable bonds is 3. The van der Waals surface area contributed by atoms with Gasteiger partial charge in [0.1, 0.15) is 5.82 Å². The minimum absolute atomic E-state index is 0.0639. The molecule has 1 N–H and O–H groups in total. The van der Waals surface area contributed by atoms with Crippen LogP contribution in [0.1, 0.15) is 27.3 Å². The van der Waals surface area contributed by atoms with Crippen LogP contribution in [0, 0.1) is 5.82 Å². The van der Waals surface area contributed by atoms with Gasteiger partial charge in [-0.1, -0.05) is 15.9 Å². The first-order valence-electron chi connectivity index (χ1n) is 6.76. The SMILES string of the molecule is O=C(O)c1cnc(CN2CCc3cc(F)cc(Br)c3C2)cn1. The smallest absolute Gasteiger partial charge is 0.356 e. The molecule has 22 heavy (non-hydrogen) atoms. The molecule has 0 radical (unpaired) electrons. The topological polar surface area (TPSA) is 66.3 Å². The Hall–Kier alpha value is -1.86. The monoisotopic (exact) mass is 365 g/mol. The minimum atomic E-state index is -1.09. The lowest BCUT2D eigenvalue weighted by Crippen LogP contribution is -2.30. The number of halogens is 2. The number of aromatic nitrogens is 2. The Labute approximate surface area is 134 Å². The van der Waals surface area contributed by atoms with E-state index in [1.807, 2.05) is 0 Å². The predicted octanol–water partition coefficient (Wildman–Crippen LogP) is 2.63. The van der Waals surface area contributed by atoms with Crippen LogP contribution in [-0.4, -0.2) is 32.5 Å². The fourth-order valence-electron chi connectivity index (χ4n) is 2.55. The van der Waals surface area contributed by atoms with Crippen molar-refractivity contribution in [2.24, 2.45) is 0 Å². The van der Waals surface area contributed by atoms with E-state index in [0.29, 0.717) is 18.8 Å². The number of nitrogens with zero attached hydrogens (tertiary/aromatic N) is 3. The number of benzene rings is 1. The van der Waals surface area contributed by atoms with Gasteiger partial charge in [0.05, 0.1) is 18.1 Å². The predicted molar refractivity (Wildman–Crippen MR) is 80.9 cm³/mol. The third-order valence-corrected chi connectivity index (χ3v) is 4.35. The highest BCUT2D eigenvalue weighted by Crippen LogP contribution is 2.28. The summed E-state index contributed by atoms with van der Waals surface area (Å²) in [6.45, 7) is 2.07. The second-order valence-corrected chi connectivity index (χ2v) is 6.04. The second-order valence-electron chi connectivity index (χ2n) is 5.18. The van der Waals surface area contributed by atoms with E-state index >= 15 is 0 Å². The van der Waals surface area contributed by atoms with Gasteiger partial charge in [-0.15, -0.1) is 0 Å². The van der Waals surface area contributed by atoms with Gasteiger partial charge in [0.25, 0.3) is 0 Å². The number of hydrogen-bond acceptors (Lipinski definition) is 4. The van der Waals surface area contributed by atoms with Crippen LogP contribution >= 0.6 is 15.9 Å². The molecule has 0 spiro atoms. The molecule has 2 aromatic rings. The summed E-state index contributed by atoms with van der Waals surface area (Å²) >= 11 is 3.41. The van der Waals surface area contributed by atoms with Gasteiger partial charge in [0.15, 0.2) is 5.69 Å². The van der Waals surface area contributed by atoms with Crippen LogP contribution in [-0.2, 0) is 19.5 Å². The lowest BCUT2D eigenvalue weighted by atomic mass is 9.99. The highest BCUT2D eigenvalue weighted by atomic mass is 79.9. The highest BCUT2D eigenvalue weighted by molar-refractivity contribution is 9.10. The summed E-state index contributed by atoms with van der Waals surface area (Å²) < 4.78 is 14.2. The number of carbonyl (C=O) groups is 1.